The molecule has 0 N–H and O–H groups in total. The molecule has 0 amide bonds. The highest BCUT2D eigenvalue weighted by Gasteiger charge is 2.32. The van der Waals surface area contributed by atoms with Crippen molar-refractivity contribution < 1.29 is 34.2 Å². The van der Waals surface area contributed by atoms with Gasteiger partial charge < -0.3 is 4.18 Å². The van der Waals surface area contributed by atoms with Crippen LogP contribution in [0.1, 0.15) is 25.0 Å². The van der Waals surface area contributed by atoms with E-state index in [0.717, 1.165) is 18.2 Å². The Morgan fingerprint density at radius 2 is 1.46 bits per heavy atom. The van der Waals surface area contributed by atoms with E-state index in [4.69, 9.17) is 4.18 Å². The average Bonchev–Trinajstić information content (AvgIpc) is 2.78. The molecule has 188 valence electrons. The van der Waals surface area contributed by atoms with Gasteiger partial charge in [-0.05, 0) is 53.9 Å². The first-order valence-corrected chi connectivity index (χ1v) is 13.4. The molecule has 0 fully saturated rings. The van der Waals surface area contributed by atoms with Gasteiger partial charge in [-0.2, -0.15) is 25.9 Å². The van der Waals surface area contributed by atoms with E-state index in [1.54, 1.807) is 24.3 Å². The molecule has 0 bridgehead atoms. The Hall–Kier alpha value is -2.89. The summed E-state index contributed by atoms with van der Waals surface area (Å²) in [6.07, 6.45) is -4.71. The van der Waals surface area contributed by atoms with Crippen molar-refractivity contribution in [2.45, 2.75) is 36.4 Å². The first-order chi connectivity index (χ1) is 16.3. The Bertz CT molecular complexity index is 1370. The van der Waals surface area contributed by atoms with Gasteiger partial charge in [0.05, 0.1) is 10.5 Å². The number of hydrogen-bond donors (Lipinski definition) is 0. The third kappa shape index (κ3) is 6.83. The van der Waals surface area contributed by atoms with Gasteiger partial charge in [-0.3, -0.25) is 0 Å². The lowest BCUT2D eigenvalue weighted by molar-refractivity contribution is -0.137. The molecule has 0 aromatic heterocycles. The number of hydrogen-bond acceptors (Lipinski definition) is 5. The normalized spacial score (nSPS) is 12.8. The molecule has 0 aliphatic carbocycles. The zero-order chi connectivity index (χ0) is 25.9. The summed E-state index contributed by atoms with van der Waals surface area (Å²) >= 11 is 0. The minimum Gasteiger partial charge on any atom is -0.379 e. The molecule has 0 saturated heterocycles. The molecule has 0 aliphatic heterocycles. The van der Waals surface area contributed by atoms with Crippen molar-refractivity contribution >= 4 is 20.1 Å². The van der Waals surface area contributed by atoms with Crippen LogP contribution in [0.15, 0.2) is 88.7 Å². The zero-order valence-corrected chi connectivity index (χ0v) is 20.6. The van der Waals surface area contributed by atoms with Gasteiger partial charge in [-0.25, -0.2) is 8.42 Å². The lowest BCUT2D eigenvalue weighted by Gasteiger charge is -2.24. The molecular weight excluding hydrogens is 503 g/mol. The summed E-state index contributed by atoms with van der Waals surface area (Å²) in [4.78, 5) is -0.522. The van der Waals surface area contributed by atoms with Crippen LogP contribution in [0.4, 0.5) is 13.2 Å². The van der Waals surface area contributed by atoms with Gasteiger partial charge in [0, 0.05) is 13.1 Å². The fourth-order valence-electron chi connectivity index (χ4n) is 3.30. The Morgan fingerprint density at radius 1 is 0.829 bits per heavy atom. The van der Waals surface area contributed by atoms with Crippen LogP contribution >= 0.6 is 0 Å². The SMILES string of the molecule is CC(C)CN(Cc1cccc(OS(=O)(=O)c2cccc(C(F)(F)F)c2)c1)S(=O)(=O)c1ccccc1. The summed E-state index contributed by atoms with van der Waals surface area (Å²) in [7, 11) is -8.40. The molecule has 3 rings (SSSR count). The van der Waals surface area contributed by atoms with E-state index in [2.05, 4.69) is 0 Å². The van der Waals surface area contributed by atoms with E-state index in [1.165, 1.54) is 34.6 Å². The molecule has 6 nitrogen and oxygen atoms in total. The van der Waals surface area contributed by atoms with Crippen LogP contribution in [0.2, 0.25) is 0 Å². The van der Waals surface area contributed by atoms with Crippen molar-refractivity contribution in [1.82, 2.24) is 4.31 Å². The number of benzene rings is 3. The van der Waals surface area contributed by atoms with Gasteiger partial charge in [0.15, 0.2) is 0 Å². The maximum atomic E-state index is 13.2. The van der Waals surface area contributed by atoms with Crippen molar-refractivity contribution in [2.75, 3.05) is 6.54 Å². The van der Waals surface area contributed by atoms with Crippen LogP contribution in [-0.2, 0) is 32.9 Å². The van der Waals surface area contributed by atoms with Crippen molar-refractivity contribution in [1.29, 1.82) is 0 Å². The third-order valence-corrected chi connectivity index (χ3v) is 7.93. The summed E-state index contributed by atoms with van der Waals surface area (Å²) < 4.78 is 96.9. The second-order valence-electron chi connectivity index (χ2n) is 8.21. The molecule has 35 heavy (non-hydrogen) atoms. The molecule has 0 spiro atoms. The Balaban J connectivity index is 1.87. The van der Waals surface area contributed by atoms with E-state index in [0.29, 0.717) is 11.6 Å². The van der Waals surface area contributed by atoms with Gasteiger partial charge in [0.2, 0.25) is 10.0 Å². The van der Waals surface area contributed by atoms with Gasteiger partial charge in [-0.1, -0.05) is 50.2 Å². The second-order valence-corrected chi connectivity index (χ2v) is 11.7. The van der Waals surface area contributed by atoms with Crippen LogP contribution in [0.3, 0.4) is 0 Å². The van der Waals surface area contributed by atoms with Crippen LogP contribution in [0.25, 0.3) is 0 Å². The van der Waals surface area contributed by atoms with Crippen LogP contribution in [-0.4, -0.2) is 27.7 Å². The van der Waals surface area contributed by atoms with E-state index in [9.17, 15) is 30.0 Å². The lowest BCUT2D eigenvalue weighted by Crippen LogP contribution is -2.33. The molecule has 3 aromatic rings. The minimum atomic E-state index is -4.71. The van der Waals surface area contributed by atoms with E-state index in [-0.39, 0.29) is 29.7 Å². The fourth-order valence-corrected chi connectivity index (χ4v) is 5.88. The summed E-state index contributed by atoms with van der Waals surface area (Å²) in [5, 5.41) is 0. The average molecular weight is 528 g/mol. The first-order valence-electron chi connectivity index (χ1n) is 10.5. The highest BCUT2D eigenvalue weighted by Crippen LogP contribution is 2.31. The molecule has 0 unspecified atom stereocenters. The topological polar surface area (TPSA) is 80.8 Å². The number of sulfonamides is 1. The fraction of sp³-hybridized carbons (Fsp3) is 0.250. The summed E-state index contributed by atoms with van der Waals surface area (Å²) in [6, 6.07) is 16.9. The molecule has 0 aliphatic rings. The molecule has 11 heteroatoms. The van der Waals surface area contributed by atoms with Crippen molar-refractivity contribution in [3.63, 3.8) is 0 Å². The maximum absolute atomic E-state index is 13.2. The number of rotatable bonds is 9. The summed E-state index contributed by atoms with van der Waals surface area (Å²) in [5.41, 5.74) is -0.673. The lowest BCUT2D eigenvalue weighted by atomic mass is 10.2. The molecular formula is C24H24F3NO5S2. The van der Waals surface area contributed by atoms with E-state index >= 15 is 0 Å². The van der Waals surface area contributed by atoms with Gasteiger partial charge in [0.25, 0.3) is 0 Å². The van der Waals surface area contributed by atoms with Gasteiger partial charge in [0.1, 0.15) is 10.6 Å². The maximum Gasteiger partial charge on any atom is 0.416 e. The van der Waals surface area contributed by atoms with Crippen LogP contribution in [0, 0.1) is 5.92 Å². The largest absolute Gasteiger partial charge is 0.416 e. The summed E-state index contributed by atoms with van der Waals surface area (Å²) in [5.74, 6) is -0.143. The Kier molecular flexibility index (Phi) is 7.93. The molecule has 0 radical (unpaired) electrons. The molecule has 0 atom stereocenters. The number of alkyl halides is 3. The molecule has 3 aromatic carbocycles. The minimum absolute atomic E-state index is 0.00852. The van der Waals surface area contributed by atoms with Crippen LogP contribution < -0.4 is 4.18 Å². The quantitative estimate of drug-likeness (QED) is 0.352. The number of halogens is 3. The van der Waals surface area contributed by atoms with E-state index < -0.39 is 36.8 Å². The van der Waals surface area contributed by atoms with Gasteiger partial charge >= 0.3 is 16.3 Å². The van der Waals surface area contributed by atoms with Crippen molar-refractivity contribution in [3.8, 4) is 5.75 Å². The van der Waals surface area contributed by atoms with Gasteiger partial charge in [-0.15, -0.1) is 0 Å². The Labute approximate surface area is 203 Å². The smallest absolute Gasteiger partial charge is 0.379 e. The predicted molar refractivity (Wildman–Crippen MR) is 125 cm³/mol. The molecule has 0 saturated carbocycles. The summed E-state index contributed by atoms with van der Waals surface area (Å²) in [6.45, 7) is 3.89. The second kappa shape index (κ2) is 10.4. The van der Waals surface area contributed by atoms with Crippen molar-refractivity contribution in [3.05, 3.63) is 90.0 Å². The zero-order valence-electron chi connectivity index (χ0n) is 18.9. The standard InChI is InChI=1S/C24H24F3NO5S2/c1-18(2)16-28(34(29,30)22-11-4-3-5-12-22)17-19-8-6-10-21(14-19)33-35(31,32)23-13-7-9-20(15-23)24(25,26)27/h3-15,18H,16-17H2,1-2H3. The first kappa shape index (κ1) is 26.7. The van der Waals surface area contributed by atoms with E-state index in [1.807, 2.05) is 13.8 Å². The highest BCUT2D eigenvalue weighted by atomic mass is 32.2. The monoisotopic (exact) mass is 527 g/mol. The number of nitrogens with zero attached hydrogens (tertiary/aromatic N) is 1. The highest BCUT2D eigenvalue weighted by molar-refractivity contribution is 7.89. The predicted octanol–water partition coefficient (Wildman–Crippen LogP) is 5.32. The molecule has 0 heterocycles. The third-order valence-electron chi connectivity index (χ3n) is 4.86. The van der Waals surface area contributed by atoms with Crippen LogP contribution in [0.5, 0.6) is 5.75 Å². The van der Waals surface area contributed by atoms with Crippen molar-refractivity contribution in [2.24, 2.45) is 5.92 Å². The Morgan fingerprint density at radius 3 is 2.09 bits per heavy atom.